The van der Waals surface area contributed by atoms with Crippen LogP contribution >= 0.6 is 0 Å². The van der Waals surface area contributed by atoms with E-state index >= 15 is 0 Å². The van der Waals surface area contributed by atoms with Gasteiger partial charge in [0.2, 0.25) is 5.78 Å². The summed E-state index contributed by atoms with van der Waals surface area (Å²) in [5.74, 6) is 1.22. The van der Waals surface area contributed by atoms with Crippen molar-refractivity contribution in [3.63, 3.8) is 0 Å². The third-order valence-electron chi connectivity index (χ3n) is 9.00. The average molecular weight is 377 g/mol. The van der Waals surface area contributed by atoms with Crippen molar-refractivity contribution in [3.8, 4) is 0 Å². The Morgan fingerprint density at radius 3 is 2.56 bits per heavy atom. The van der Waals surface area contributed by atoms with Crippen molar-refractivity contribution in [2.24, 2.45) is 34.5 Å². The molecule has 0 aromatic rings. The minimum absolute atomic E-state index is 0.0390. The van der Waals surface area contributed by atoms with Crippen LogP contribution in [0.2, 0.25) is 0 Å². The van der Waals surface area contributed by atoms with Crippen molar-refractivity contribution in [2.45, 2.75) is 71.3 Å². The average Bonchev–Trinajstić information content (AvgIpc) is 2.98. The molecule has 6 nitrogen and oxygen atoms in total. The third-order valence-corrected chi connectivity index (χ3v) is 9.00. The number of fused-ring (bicyclic) bond motifs is 5. The quantitative estimate of drug-likeness (QED) is 0.581. The number of allylic oxidation sites excluding steroid dienone is 1. The van der Waals surface area contributed by atoms with Crippen molar-refractivity contribution >= 4 is 5.78 Å². The number of carbonyl (C=O) groups excluding carboxylic acids is 1. The molecular formula is C21H31NO5. The Morgan fingerprint density at radius 2 is 1.89 bits per heavy atom. The van der Waals surface area contributed by atoms with Gasteiger partial charge in [0.15, 0.2) is 0 Å². The van der Waals surface area contributed by atoms with E-state index in [1.807, 2.05) is 0 Å². The Hall–Kier alpha value is -1.27. The van der Waals surface area contributed by atoms with E-state index < -0.39 is 11.0 Å². The number of aliphatic hydroxyl groups excluding tert-OH is 2. The van der Waals surface area contributed by atoms with Gasteiger partial charge in [-0.05, 0) is 79.4 Å². The summed E-state index contributed by atoms with van der Waals surface area (Å²) in [4.78, 5) is 23.4. The van der Waals surface area contributed by atoms with Crippen LogP contribution in [0.5, 0.6) is 0 Å². The molecule has 3 saturated carbocycles. The zero-order valence-corrected chi connectivity index (χ0v) is 16.3. The first kappa shape index (κ1) is 19.1. The van der Waals surface area contributed by atoms with E-state index in [1.165, 1.54) is 0 Å². The molecule has 0 aromatic carbocycles. The molecule has 6 unspecified atom stereocenters. The lowest BCUT2D eigenvalue weighted by Gasteiger charge is -2.58. The van der Waals surface area contributed by atoms with E-state index in [9.17, 15) is 25.1 Å². The molecule has 4 rings (SSSR count). The second-order valence-corrected chi connectivity index (χ2v) is 9.82. The summed E-state index contributed by atoms with van der Waals surface area (Å²) in [6.07, 6.45) is 5.91. The van der Waals surface area contributed by atoms with Gasteiger partial charge >= 0.3 is 5.70 Å². The van der Waals surface area contributed by atoms with E-state index in [0.717, 1.165) is 44.1 Å². The van der Waals surface area contributed by atoms with Crippen molar-refractivity contribution < 1.29 is 19.9 Å². The molecule has 0 amide bonds. The lowest BCUT2D eigenvalue weighted by atomic mass is 9.46. The van der Waals surface area contributed by atoms with Crippen LogP contribution in [0.15, 0.2) is 11.3 Å². The van der Waals surface area contributed by atoms with Gasteiger partial charge in [0.05, 0.1) is 17.6 Å². The fourth-order valence-electron chi connectivity index (χ4n) is 7.70. The molecule has 7 atom stereocenters. The first-order chi connectivity index (χ1) is 12.7. The summed E-state index contributed by atoms with van der Waals surface area (Å²) in [6, 6.07) is 0. The first-order valence-corrected chi connectivity index (χ1v) is 10.4. The summed E-state index contributed by atoms with van der Waals surface area (Å²) in [6.45, 7) is 4.26. The summed E-state index contributed by atoms with van der Waals surface area (Å²) in [7, 11) is 0. The van der Waals surface area contributed by atoms with E-state index in [0.29, 0.717) is 24.2 Å². The smallest absolute Gasteiger partial charge is 0.311 e. The number of carbonyl (C=O) groups is 1. The molecule has 2 N–H and O–H groups in total. The predicted octanol–water partition coefficient (Wildman–Crippen LogP) is 3.09. The highest BCUT2D eigenvalue weighted by molar-refractivity contribution is 5.95. The molecule has 4 aliphatic rings. The number of hydrogen-bond donors (Lipinski definition) is 2. The molecule has 0 spiro atoms. The lowest BCUT2D eigenvalue weighted by molar-refractivity contribution is -0.422. The molecule has 4 aliphatic carbocycles. The largest absolute Gasteiger partial charge is 0.394 e. The topological polar surface area (TPSA) is 101 Å². The van der Waals surface area contributed by atoms with Crippen LogP contribution < -0.4 is 0 Å². The standard InChI is InChI=1S/C21H31NO5/c1-20-9-7-14-12(13(20)5-6-15(20)18(25)11-23)3-4-16-19(22(26)27)17(24)8-10-21(14,16)2/h12-15,18,23,25H,3-11H2,1-2H3/t12?,13?,14?,15-,18?,20?,21?/m1/s1. The van der Waals surface area contributed by atoms with E-state index in [-0.39, 0.29) is 41.3 Å². The Balaban J connectivity index is 1.69. The van der Waals surface area contributed by atoms with E-state index in [1.54, 1.807) is 0 Å². The molecule has 0 aromatic heterocycles. The molecule has 0 saturated heterocycles. The van der Waals surface area contributed by atoms with Crippen molar-refractivity contribution in [1.29, 1.82) is 0 Å². The molecule has 0 aliphatic heterocycles. The van der Waals surface area contributed by atoms with Gasteiger partial charge in [-0.3, -0.25) is 14.9 Å². The maximum atomic E-state index is 12.2. The maximum Gasteiger partial charge on any atom is 0.311 e. The fourth-order valence-corrected chi connectivity index (χ4v) is 7.70. The normalized spacial score (nSPS) is 45.1. The Labute approximate surface area is 160 Å². The number of hydrogen-bond acceptors (Lipinski definition) is 5. The minimum Gasteiger partial charge on any atom is -0.394 e. The van der Waals surface area contributed by atoms with Crippen LogP contribution in [0, 0.1) is 44.6 Å². The molecule has 0 bridgehead atoms. The Morgan fingerprint density at radius 1 is 1.15 bits per heavy atom. The Bertz CT molecular complexity index is 703. The monoisotopic (exact) mass is 377 g/mol. The first-order valence-electron chi connectivity index (χ1n) is 10.4. The van der Waals surface area contributed by atoms with Gasteiger partial charge in [-0.1, -0.05) is 13.8 Å². The summed E-state index contributed by atoms with van der Waals surface area (Å²) < 4.78 is 0. The predicted molar refractivity (Wildman–Crippen MR) is 99.2 cm³/mol. The van der Waals surface area contributed by atoms with Crippen molar-refractivity contribution in [2.75, 3.05) is 6.61 Å². The summed E-state index contributed by atoms with van der Waals surface area (Å²) in [5.41, 5.74) is 0.486. The second kappa shape index (κ2) is 6.38. The van der Waals surface area contributed by atoms with Crippen molar-refractivity contribution in [3.05, 3.63) is 21.4 Å². The van der Waals surface area contributed by atoms with Crippen LogP contribution in [0.3, 0.4) is 0 Å². The number of aliphatic hydroxyl groups is 2. The van der Waals surface area contributed by atoms with Gasteiger partial charge in [-0.25, -0.2) is 0 Å². The molecule has 27 heavy (non-hydrogen) atoms. The van der Waals surface area contributed by atoms with Crippen LogP contribution in [-0.2, 0) is 4.79 Å². The van der Waals surface area contributed by atoms with Crippen LogP contribution in [-0.4, -0.2) is 33.6 Å². The number of Topliss-reactive ketones (excluding diaryl/α,β-unsaturated/α-hetero) is 1. The molecular weight excluding hydrogens is 346 g/mol. The fraction of sp³-hybridized carbons (Fsp3) is 0.857. The lowest BCUT2D eigenvalue weighted by Crippen LogP contribution is -2.52. The number of rotatable bonds is 3. The van der Waals surface area contributed by atoms with Gasteiger partial charge in [0, 0.05) is 12.0 Å². The highest BCUT2D eigenvalue weighted by atomic mass is 16.6. The third kappa shape index (κ3) is 2.55. The maximum absolute atomic E-state index is 12.2. The number of nitro groups is 1. The zero-order valence-electron chi connectivity index (χ0n) is 16.3. The van der Waals surface area contributed by atoms with E-state index in [4.69, 9.17) is 0 Å². The molecule has 3 fully saturated rings. The van der Waals surface area contributed by atoms with E-state index in [2.05, 4.69) is 13.8 Å². The second-order valence-electron chi connectivity index (χ2n) is 9.82. The van der Waals surface area contributed by atoms with Gasteiger partial charge in [0.25, 0.3) is 0 Å². The molecule has 0 heterocycles. The zero-order chi connectivity index (χ0) is 19.6. The van der Waals surface area contributed by atoms with Crippen LogP contribution in [0.25, 0.3) is 0 Å². The SMILES string of the molecule is CC12CCC(=O)C([N+](=O)[O-])=C1CCC1C2CCC2(C)C1CC[C@@H]2C(O)CO. The van der Waals surface area contributed by atoms with Gasteiger partial charge < -0.3 is 10.2 Å². The Kier molecular flexibility index (Phi) is 4.50. The molecule has 6 heteroatoms. The summed E-state index contributed by atoms with van der Waals surface area (Å²) in [5, 5.41) is 31.4. The minimum atomic E-state index is -0.653. The van der Waals surface area contributed by atoms with Crippen molar-refractivity contribution in [1.82, 2.24) is 0 Å². The number of nitrogens with zero attached hydrogens (tertiary/aromatic N) is 1. The highest BCUT2D eigenvalue weighted by Gasteiger charge is 2.61. The number of ketones is 1. The molecule has 0 radical (unpaired) electrons. The molecule has 150 valence electrons. The van der Waals surface area contributed by atoms with Crippen LogP contribution in [0.1, 0.15) is 65.2 Å². The van der Waals surface area contributed by atoms with Gasteiger partial charge in [-0.15, -0.1) is 0 Å². The highest BCUT2D eigenvalue weighted by Crippen LogP contribution is 2.67. The summed E-state index contributed by atoms with van der Waals surface area (Å²) >= 11 is 0. The van der Waals surface area contributed by atoms with Gasteiger partial charge in [0.1, 0.15) is 0 Å². The van der Waals surface area contributed by atoms with Gasteiger partial charge in [-0.2, -0.15) is 0 Å². The van der Waals surface area contributed by atoms with Crippen LogP contribution in [0.4, 0.5) is 0 Å².